The van der Waals surface area contributed by atoms with Crippen LogP contribution >= 0.6 is 12.2 Å². The van der Waals surface area contributed by atoms with Crippen molar-refractivity contribution in [3.8, 4) is 17.5 Å². The largest absolute Gasteiger partial charge is 0.481 e. The van der Waals surface area contributed by atoms with Gasteiger partial charge in [0.2, 0.25) is 17.7 Å². The summed E-state index contributed by atoms with van der Waals surface area (Å²) in [7, 11) is 1.54. The van der Waals surface area contributed by atoms with Crippen LogP contribution in [0.1, 0.15) is 12.0 Å². The summed E-state index contributed by atoms with van der Waals surface area (Å²) in [6.07, 6.45) is 1.95. The summed E-state index contributed by atoms with van der Waals surface area (Å²) in [4.78, 5) is 8.60. The highest BCUT2D eigenvalue weighted by molar-refractivity contribution is 7.80. The van der Waals surface area contributed by atoms with Crippen molar-refractivity contribution in [3.05, 3.63) is 72.3 Å². The number of anilines is 1. The van der Waals surface area contributed by atoms with E-state index >= 15 is 0 Å². The quantitative estimate of drug-likeness (QED) is 0.438. The second-order valence-electron chi connectivity index (χ2n) is 5.96. The predicted octanol–water partition coefficient (Wildman–Crippen LogP) is 4.20. The molecule has 0 fully saturated rings. The molecule has 3 aromatic rings. The Kier molecular flexibility index (Phi) is 7.14. The number of aromatic nitrogens is 2. The molecule has 3 rings (SSSR count). The van der Waals surface area contributed by atoms with Gasteiger partial charge in [0.25, 0.3) is 0 Å². The second-order valence-corrected chi connectivity index (χ2v) is 6.37. The molecule has 0 aliphatic carbocycles. The molecule has 0 radical (unpaired) electrons. The molecule has 144 valence electrons. The number of rotatable bonds is 8. The van der Waals surface area contributed by atoms with Crippen LogP contribution in [-0.4, -0.2) is 28.7 Å². The van der Waals surface area contributed by atoms with Gasteiger partial charge in [-0.1, -0.05) is 48.5 Å². The van der Waals surface area contributed by atoms with Gasteiger partial charge in [-0.05, 0) is 42.8 Å². The molecule has 0 unspecified atom stereocenters. The Hall–Kier alpha value is -3.19. The van der Waals surface area contributed by atoms with Crippen LogP contribution in [0.2, 0.25) is 0 Å². The van der Waals surface area contributed by atoms with Gasteiger partial charge < -0.3 is 20.1 Å². The number of methoxy groups -OCH3 is 1. The lowest BCUT2D eigenvalue weighted by Gasteiger charge is -2.12. The molecule has 0 aliphatic heterocycles. The minimum atomic E-state index is 0.311. The fraction of sp³-hybridized carbons (Fsp3) is 0.190. The Labute approximate surface area is 169 Å². The summed E-state index contributed by atoms with van der Waals surface area (Å²) >= 11 is 5.33. The Morgan fingerprint density at radius 2 is 1.64 bits per heavy atom. The first-order valence-corrected chi connectivity index (χ1v) is 9.38. The average molecular weight is 395 g/mol. The molecule has 28 heavy (non-hydrogen) atoms. The maximum atomic E-state index is 5.76. The van der Waals surface area contributed by atoms with E-state index in [1.54, 1.807) is 13.2 Å². The predicted molar refractivity (Wildman–Crippen MR) is 114 cm³/mol. The Morgan fingerprint density at radius 3 is 2.36 bits per heavy atom. The Morgan fingerprint density at radius 1 is 0.964 bits per heavy atom. The summed E-state index contributed by atoms with van der Waals surface area (Å²) < 4.78 is 11.0. The zero-order chi connectivity index (χ0) is 19.6. The standard InChI is InChI=1S/C21H22N4O2S/c1-26-18-15-19(27-17-12-6-3-7-13-17)24-20(23-18)25-21(28)22-14-8-11-16-9-4-2-5-10-16/h2-7,9-10,12-13,15H,8,11,14H2,1H3,(H2,22,23,24,25,28). The van der Waals surface area contributed by atoms with Crippen molar-refractivity contribution in [2.45, 2.75) is 12.8 Å². The molecule has 0 bridgehead atoms. The third-order valence-electron chi connectivity index (χ3n) is 3.85. The van der Waals surface area contributed by atoms with Crippen LogP contribution in [0.25, 0.3) is 0 Å². The van der Waals surface area contributed by atoms with Crippen LogP contribution in [0.3, 0.4) is 0 Å². The Bertz CT molecular complexity index is 891. The first kappa shape index (κ1) is 19.6. The van der Waals surface area contributed by atoms with E-state index in [2.05, 4.69) is 32.7 Å². The van der Waals surface area contributed by atoms with Gasteiger partial charge >= 0.3 is 0 Å². The fourth-order valence-corrected chi connectivity index (χ4v) is 2.70. The van der Waals surface area contributed by atoms with Gasteiger partial charge in [-0.25, -0.2) is 0 Å². The molecule has 0 saturated heterocycles. The number of para-hydroxylation sites is 1. The van der Waals surface area contributed by atoms with Crippen LogP contribution < -0.4 is 20.1 Å². The number of ether oxygens (including phenoxy) is 2. The molecule has 0 amide bonds. The molecule has 0 atom stereocenters. The maximum Gasteiger partial charge on any atom is 0.235 e. The van der Waals surface area contributed by atoms with Crippen molar-refractivity contribution >= 4 is 23.3 Å². The summed E-state index contributed by atoms with van der Waals surface area (Å²) in [5.74, 6) is 1.74. The van der Waals surface area contributed by atoms with Gasteiger partial charge in [-0.3, -0.25) is 0 Å². The minimum absolute atomic E-state index is 0.311. The number of thiocarbonyl (C=S) groups is 1. The highest BCUT2D eigenvalue weighted by Gasteiger charge is 2.08. The van der Waals surface area contributed by atoms with Gasteiger partial charge in [0.1, 0.15) is 5.75 Å². The van der Waals surface area contributed by atoms with Crippen LogP contribution in [0, 0.1) is 0 Å². The summed E-state index contributed by atoms with van der Waals surface area (Å²) in [5, 5.41) is 6.60. The van der Waals surface area contributed by atoms with E-state index < -0.39 is 0 Å². The third-order valence-corrected chi connectivity index (χ3v) is 4.10. The van der Waals surface area contributed by atoms with E-state index in [-0.39, 0.29) is 0 Å². The van der Waals surface area contributed by atoms with Crippen molar-refractivity contribution in [2.24, 2.45) is 0 Å². The van der Waals surface area contributed by atoms with Gasteiger partial charge in [0.05, 0.1) is 13.2 Å². The number of hydrogen-bond acceptors (Lipinski definition) is 5. The molecule has 0 spiro atoms. The van der Waals surface area contributed by atoms with E-state index in [1.807, 2.05) is 48.5 Å². The summed E-state index contributed by atoms with van der Waals surface area (Å²) in [5.41, 5.74) is 1.31. The first-order valence-electron chi connectivity index (χ1n) is 8.97. The summed E-state index contributed by atoms with van der Waals surface area (Å²) in [6, 6.07) is 21.4. The molecule has 1 aromatic heterocycles. The third kappa shape index (κ3) is 6.21. The molecule has 1 heterocycles. The monoisotopic (exact) mass is 394 g/mol. The maximum absolute atomic E-state index is 5.76. The van der Waals surface area contributed by atoms with Gasteiger partial charge in [-0.15, -0.1) is 0 Å². The van der Waals surface area contributed by atoms with E-state index in [4.69, 9.17) is 21.7 Å². The lowest BCUT2D eigenvalue weighted by Crippen LogP contribution is -2.30. The second kappa shape index (κ2) is 10.2. The fourth-order valence-electron chi connectivity index (χ4n) is 2.51. The minimum Gasteiger partial charge on any atom is -0.481 e. The lowest BCUT2D eigenvalue weighted by molar-refractivity contribution is 0.389. The van der Waals surface area contributed by atoms with Crippen LogP contribution in [0.5, 0.6) is 17.5 Å². The number of nitrogens with zero attached hydrogens (tertiary/aromatic N) is 2. The molecule has 2 aromatic carbocycles. The number of hydrogen-bond donors (Lipinski definition) is 2. The molecule has 2 N–H and O–H groups in total. The molecular weight excluding hydrogens is 372 g/mol. The average Bonchev–Trinajstić information content (AvgIpc) is 2.72. The van der Waals surface area contributed by atoms with Gasteiger partial charge in [-0.2, -0.15) is 9.97 Å². The van der Waals surface area contributed by atoms with Crippen molar-refractivity contribution in [3.63, 3.8) is 0 Å². The highest BCUT2D eigenvalue weighted by atomic mass is 32.1. The summed E-state index contributed by atoms with van der Waals surface area (Å²) in [6.45, 7) is 0.748. The molecule has 7 heteroatoms. The highest BCUT2D eigenvalue weighted by Crippen LogP contribution is 2.23. The van der Waals surface area contributed by atoms with Gasteiger partial charge in [0, 0.05) is 6.54 Å². The van der Waals surface area contributed by atoms with Crippen molar-refractivity contribution in [1.82, 2.24) is 15.3 Å². The Balaban J connectivity index is 1.53. The van der Waals surface area contributed by atoms with Crippen molar-refractivity contribution in [1.29, 1.82) is 0 Å². The zero-order valence-electron chi connectivity index (χ0n) is 15.6. The van der Waals surface area contributed by atoms with E-state index in [1.165, 1.54) is 5.56 Å². The van der Waals surface area contributed by atoms with E-state index in [0.717, 1.165) is 19.4 Å². The van der Waals surface area contributed by atoms with Crippen molar-refractivity contribution in [2.75, 3.05) is 19.0 Å². The normalized spacial score (nSPS) is 10.2. The van der Waals surface area contributed by atoms with E-state index in [0.29, 0.717) is 28.6 Å². The molecule has 6 nitrogen and oxygen atoms in total. The molecule has 0 saturated carbocycles. The lowest BCUT2D eigenvalue weighted by atomic mass is 10.1. The van der Waals surface area contributed by atoms with Gasteiger partial charge in [0.15, 0.2) is 5.11 Å². The first-order chi connectivity index (χ1) is 13.7. The van der Waals surface area contributed by atoms with Crippen LogP contribution in [0.15, 0.2) is 66.7 Å². The number of aryl methyl sites for hydroxylation is 1. The van der Waals surface area contributed by atoms with Crippen LogP contribution in [0.4, 0.5) is 5.95 Å². The SMILES string of the molecule is COc1cc(Oc2ccccc2)nc(NC(=S)NCCCc2ccccc2)n1. The topological polar surface area (TPSA) is 68.3 Å². The number of nitrogens with one attached hydrogen (secondary N) is 2. The number of benzene rings is 2. The zero-order valence-corrected chi connectivity index (χ0v) is 16.4. The molecule has 0 aliphatic rings. The smallest absolute Gasteiger partial charge is 0.235 e. The van der Waals surface area contributed by atoms with Crippen molar-refractivity contribution < 1.29 is 9.47 Å². The van der Waals surface area contributed by atoms with Crippen LogP contribution in [-0.2, 0) is 6.42 Å². The molecular formula is C21H22N4O2S. The van der Waals surface area contributed by atoms with E-state index in [9.17, 15) is 0 Å².